The lowest BCUT2D eigenvalue weighted by atomic mass is 10.1. The fourth-order valence-corrected chi connectivity index (χ4v) is 3.00. The number of carbonyl (C=O) groups excluding carboxylic acids is 1. The van der Waals surface area contributed by atoms with Crippen LogP contribution < -0.4 is 9.47 Å². The Hall–Kier alpha value is -2.85. The zero-order valence-corrected chi connectivity index (χ0v) is 15.8. The van der Waals surface area contributed by atoms with Gasteiger partial charge in [0.15, 0.2) is 5.60 Å². The van der Waals surface area contributed by atoms with Gasteiger partial charge in [0, 0.05) is 30.4 Å². The van der Waals surface area contributed by atoms with Crippen LogP contribution in [-0.4, -0.2) is 45.6 Å². The molecular formula is C19H19ClN4O3. The van der Waals surface area contributed by atoms with E-state index in [0.717, 1.165) is 0 Å². The maximum absolute atomic E-state index is 12.9. The molecule has 1 saturated heterocycles. The molecule has 1 unspecified atom stereocenters. The van der Waals surface area contributed by atoms with E-state index >= 15 is 0 Å². The molecular weight excluding hydrogens is 368 g/mol. The van der Waals surface area contributed by atoms with Crippen molar-refractivity contribution in [2.24, 2.45) is 0 Å². The van der Waals surface area contributed by atoms with Gasteiger partial charge < -0.3 is 14.4 Å². The average molecular weight is 387 g/mol. The van der Waals surface area contributed by atoms with E-state index in [4.69, 9.17) is 26.3 Å². The second-order valence-corrected chi connectivity index (χ2v) is 7.10. The van der Waals surface area contributed by atoms with Crippen LogP contribution in [0.4, 0.5) is 0 Å². The minimum atomic E-state index is -1.03. The lowest BCUT2D eigenvalue weighted by Crippen LogP contribution is -2.48. The number of halogens is 1. The van der Waals surface area contributed by atoms with Crippen LogP contribution in [0.2, 0.25) is 5.02 Å². The SMILES string of the molecule is CC(C)(Oc1ccc(Cl)cc1)C(=O)N1CCC(Oc2nccnc2C#N)C1. The van der Waals surface area contributed by atoms with Crippen LogP contribution in [0.1, 0.15) is 26.0 Å². The lowest BCUT2D eigenvalue weighted by Gasteiger charge is -2.30. The maximum Gasteiger partial charge on any atom is 0.266 e. The Kier molecular flexibility index (Phi) is 5.47. The Bertz CT molecular complexity index is 864. The van der Waals surface area contributed by atoms with Crippen molar-refractivity contribution in [3.63, 3.8) is 0 Å². The highest BCUT2D eigenvalue weighted by molar-refractivity contribution is 6.30. The monoisotopic (exact) mass is 386 g/mol. The number of rotatable bonds is 5. The molecule has 0 radical (unpaired) electrons. The van der Waals surface area contributed by atoms with Gasteiger partial charge in [-0.1, -0.05) is 11.6 Å². The van der Waals surface area contributed by atoms with Gasteiger partial charge >= 0.3 is 0 Å². The van der Waals surface area contributed by atoms with Gasteiger partial charge in [0.05, 0.1) is 6.54 Å². The number of amides is 1. The van der Waals surface area contributed by atoms with Gasteiger partial charge in [-0.2, -0.15) is 5.26 Å². The average Bonchev–Trinajstić information content (AvgIpc) is 3.11. The summed E-state index contributed by atoms with van der Waals surface area (Å²) in [7, 11) is 0. The molecule has 2 aromatic rings. The predicted octanol–water partition coefficient (Wildman–Crippen LogP) is 2.84. The van der Waals surface area contributed by atoms with Crippen molar-refractivity contribution in [3.8, 4) is 17.7 Å². The van der Waals surface area contributed by atoms with E-state index in [2.05, 4.69) is 9.97 Å². The highest BCUT2D eigenvalue weighted by Gasteiger charge is 2.38. The number of hydrogen-bond donors (Lipinski definition) is 0. The Balaban J connectivity index is 1.62. The molecule has 1 aromatic heterocycles. The van der Waals surface area contributed by atoms with E-state index in [1.807, 2.05) is 6.07 Å². The van der Waals surface area contributed by atoms with Gasteiger partial charge in [-0.3, -0.25) is 4.79 Å². The molecule has 140 valence electrons. The molecule has 2 heterocycles. The molecule has 0 saturated carbocycles. The Morgan fingerprint density at radius 3 is 2.70 bits per heavy atom. The third-order valence-corrected chi connectivity index (χ3v) is 4.43. The first-order valence-electron chi connectivity index (χ1n) is 8.51. The van der Waals surface area contributed by atoms with Crippen LogP contribution in [-0.2, 0) is 4.79 Å². The van der Waals surface area contributed by atoms with Gasteiger partial charge in [-0.25, -0.2) is 9.97 Å². The molecule has 1 amide bonds. The number of carbonyl (C=O) groups is 1. The van der Waals surface area contributed by atoms with E-state index in [9.17, 15) is 4.79 Å². The van der Waals surface area contributed by atoms with Gasteiger partial charge in [-0.05, 0) is 38.1 Å². The number of nitrogens with zero attached hydrogens (tertiary/aromatic N) is 4. The van der Waals surface area contributed by atoms with E-state index in [-0.39, 0.29) is 23.6 Å². The summed E-state index contributed by atoms with van der Waals surface area (Å²) in [5.41, 5.74) is -0.902. The van der Waals surface area contributed by atoms with Crippen molar-refractivity contribution < 1.29 is 14.3 Å². The summed E-state index contributed by atoms with van der Waals surface area (Å²) in [4.78, 5) is 22.6. The number of nitriles is 1. The smallest absolute Gasteiger partial charge is 0.266 e. The number of hydrogen-bond acceptors (Lipinski definition) is 6. The van der Waals surface area contributed by atoms with Crippen molar-refractivity contribution in [2.75, 3.05) is 13.1 Å². The zero-order valence-electron chi connectivity index (χ0n) is 15.1. The normalized spacial score (nSPS) is 16.7. The van der Waals surface area contributed by atoms with Crippen LogP contribution in [0.3, 0.4) is 0 Å². The number of benzene rings is 1. The van der Waals surface area contributed by atoms with Gasteiger partial charge in [-0.15, -0.1) is 0 Å². The highest BCUT2D eigenvalue weighted by Crippen LogP contribution is 2.25. The number of aromatic nitrogens is 2. The predicted molar refractivity (Wildman–Crippen MR) is 98.5 cm³/mol. The van der Waals surface area contributed by atoms with Gasteiger partial charge in [0.25, 0.3) is 11.8 Å². The summed E-state index contributed by atoms with van der Waals surface area (Å²) in [5, 5.41) is 9.68. The summed E-state index contributed by atoms with van der Waals surface area (Å²) in [6.07, 6.45) is 3.30. The molecule has 0 aliphatic carbocycles. The molecule has 27 heavy (non-hydrogen) atoms. The first-order valence-corrected chi connectivity index (χ1v) is 8.88. The molecule has 1 atom stereocenters. The quantitative estimate of drug-likeness (QED) is 0.785. The molecule has 0 N–H and O–H groups in total. The Labute approximate surface area is 162 Å². The second-order valence-electron chi connectivity index (χ2n) is 6.67. The molecule has 7 nitrogen and oxygen atoms in total. The fourth-order valence-electron chi connectivity index (χ4n) is 2.88. The first kappa shape index (κ1) is 18.9. The number of ether oxygens (including phenoxy) is 2. The highest BCUT2D eigenvalue weighted by atomic mass is 35.5. The van der Waals surface area contributed by atoms with Crippen molar-refractivity contribution in [3.05, 3.63) is 47.4 Å². The van der Waals surface area contributed by atoms with Crippen LogP contribution >= 0.6 is 11.6 Å². The summed E-state index contributed by atoms with van der Waals surface area (Å²) in [6, 6.07) is 8.83. The van der Waals surface area contributed by atoms with E-state index in [1.165, 1.54) is 12.4 Å². The van der Waals surface area contributed by atoms with Gasteiger partial charge in [0.2, 0.25) is 5.69 Å². The standard InChI is InChI=1S/C19H19ClN4O3/c1-19(2,27-14-5-3-13(20)4-6-14)18(25)24-10-7-15(12-24)26-17-16(11-21)22-8-9-23-17/h3-6,8-9,15H,7,10,12H2,1-2H3. The minimum Gasteiger partial charge on any atom is -0.478 e. The molecule has 1 aliphatic heterocycles. The van der Waals surface area contributed by atoms with Crippen LogP contribution in [0.25, 0.3) is 0 Å². The lowest BCUT2D eigenvalue weighted by molar-refractivity contribution is -0.144. The van der Waals surface area contributed by atoms with Crippen molar-refractivity contribution in [1.29, 1.82) is 5.26 Å². The van der Waals surface area contributed by atoms with E-state index < -0.39 is 5.60 Å². The molecule has 0 bridgehead atoms. The largest absolute Gasteiger partial charge is 0.478 e. The third kappa shape index (κ3) is 4.47. The fraction of sp³-hybridized carbons (Fsp3) is 0.368. The van der Waals surface area contributed by atoms with Crippen LogP contribution in [0.5, 0.6) is 11.6 Å². The van der Waals surface area contributed by atoms with Crippen molar-refractivity contribution >= 4 is 17.5 Å². The van der Waals surface area contributed by atoms with Gasteiger partial charge in [0.1, 0.15) is 17.9 Å². The van der Waals surface area contributed by atoms with Crippen molar-refractivity contribution in [2.45, 2.75) is 32.0 Å². The molecule has 0 spiro atoms. The zero-order chi connectivity index (χ0) is 19.4. The molecule has 1 aromatic carbocycles. The molecule has 1 fully saturated rings. The van der Waals surface area contributed by atoms with Crippen LogP contribution in [0.15, 0.2) is 36.7 Å². The Morgan fingerprint density at radius 2 is 2.00 bits per heavy atom. The molecule has 8 heteroatoms. The third-order valence-electron chi connectivity index (χ3n) is 4.18. The van der Waals surface area contributed by atoms with E-state index in [0.29, 0.717) is 30.3 Å². The molecule has 3 rings (SSSR count). The number of likely N-dealkylation sites (tertiary alicyclic amines) is 1. The molecule has 1 aliphatic rings. The summed E-state index contributed by atoms with van der Waals surface area (Å²) in [6.45, 7) is 4.40. The Morgan fingerprint density at radius 1 is 1.30 bits per heavy atom. The topological polar surface area (TPSA) is 88.3 Å². The van der Waals surface area contributed by atoms with Crippen molar-refractivity contribution in [1.82, 2.24) is 14.9 Å². The van der Waals surface area contributed by atoms with E-state index in [1.54, 1.807) is 43.0 Å². The minimum absolute atomic E-state index is 0.133. The summed E-state index contributed by atoms with van der Waals surface area (Å²) in [5.74, 6) is 0.627. The second kappa shape index (κ2) is 7.80. The maximum atomic E-state index is 12.9. The van der Waals surface area contributed by atoms with Crippen LogP contribution in [0, 0.1) is 11.3 Å². The summed E-state index contributed by atoms with van der Waals surface area (Å²) < 4.78 is 11.6. The summed E-state index contributed by atoms with van der Waals surface area (Å²) >= 11 is 5.88. The first-order chi connectivity index (χ1) is 12.9.